The average molecular weight is 475 g/mol. The van der Waals surface area contributed by atoms with Crippen molar-refractivity contribution in [3.05, 3.63) is 23.3 Å². The second-order valence-electron chi connectivity index (χ2n) is 12.8. The molecule has 6 nitrogen and oxygen atoms in total. The van der Waals surface area contributed by atoms with E-state index >= 15 is 0 Å². The number of aliphatic hydroxyl groups excluding tert-OH is 3. The SMILES string of the molecule is CC(C)[C@@H](C)C1OC1[C@@H](C)[C@H]1C(O)C[C@@]2(O)C3=CC=C4CC(O)CC[C@]4(C)[C@H]3C(O)C(=O)[C@]12C. The number of ketones is 1. The summed E-state index contributed by atoms with van der Waals surface area (Å²) in [5.74, 6) is -0.733. The first kappa shape index (κ1) is 24.6. The lowest BCUT2D eigenvalue weighted by atomic mass is 9.47. The van der Waals surface area contributed by atoms with Crippen LogP contribution in [0.15, 0.2) is 23.3 Å². The van der Waals surface area contributed by atoms with Gasteiger partial charge in [-0.15, -0.1) is 0 Å². The molecule has 0 amide bonds. The van der Waals surface area contributed by atoms with Crippen LogP contribution in [0.4, 0.5) is 0 Å². The molecule has 6 heteroatoms. The van der Waals surface area contributed by atoms with Crippen molar-refractivity contribution in [1.82, 2.24) is 0 Å². The van der Waals surface area contributed by atoms with Crippen molar-refractivity contribution >= 4 is 5.78 Å². The van der Waals surface area contributed by atoms with Gasteiger partial charge in [0.05, 0.1) is 29.8 Å². The highest BCUT2D eigenvalue weighted by molar-refractivity contribution is 5.94. The van der Waals surface area contributed by atoms with Crippen LogP contribution >= 0.6 is 0 Å². The van der Waals surface area contributed by atoms with Crippen LogP contribution in [0.1, 0.15) is 67.2 Å². The molecule has 1 aliphatic heterocycles. The molecule has 4 aliphatic carbocycles. The number of fused-ring (bicyclic) bond motifs is 5. The normalized spacial score (nSPS) is 51.7. The van der Waals surface area contributed by atoms with Crippen LogP contribution in [0.25, 0.3) is 0 Å². The molecule has 0 spiro atoms. The Balaban J connectivity index is 1.54. The van der Waals surface area contributed by atoms with Crippen LogP contribution in [0.5, 0.6) is 0 Å². The first-order valence-corrected chi connectivity index (χ1v) is 13.2. The van der Waals surface area contributed by atoms with Crippen LogP contribution in [-0.2, 0) is 9.53 Å². The molecular weight excluding hydrogens is 432 g/mol. The lowest BCUT2D eigenvalue weighted by Gasteiger charge is -2.58. The van der Waals surface area contributed by atoms with Gasteiger partial charge in [-0.2, -0.15) is 0 Å². The minimum absolute atomic E-state index is 0.0666. The maximum Gasteiger partial charge on any atom is 0.171 e. The first-order valence-electron chi connectivity index (χ1n) is 13.2. The van der Waals surface area contributed by atoms with Crippen molar-refractivity contribution in [2.45, 2.75) is 103 Å². The van der Waals surface area contributed by atoms with E-state index < -0.39 is 46.6 Å². The summed E-state index contributed by atoms with van der Waals surface area (Å²) in [6, 6.07) is 0. The molecule has 1 saturated heterocycles. The van der Waals surface area contributed by atoms with Gasteiger partial charge in [0.25, 0.3) is 0 Å². The Bertz CT molecular complexity index is 939. The number of carbonyl (C=O) groups is 1. The Labute approximate surface area is 203 Å². The van der Waals surface area contributed by atoms with Crippen molar-refractivity contribution in [2.75, 3.05) is 0 Å². The van der Waals surface area contributed by atoms with Gasteiger partial charge in [-0.1, -0.05) is 52.3 Å². The summed E-state index contributed by atoms with van der Waals surface area (Å²) in [7, 11) is 0. The summed E-state index contributed by atoms with van der Waals surface area (Å²) >= 11 is 0. The molecule has 4 fully saturated rings. The highest BCUT2D eigenvalue weighted by atomic mass is 16.6. The van der Waals surface area contributed by atoms with Gasteiger partial charge in [0.15, 0.2) is 5.78 Å². The molecule has 4 N–H and O–H groups in total. The number of hydrogen-bond acceptors (Lipinski definition) is 6. The first-order chi connectivity index (χ1) is 15.8. The fourth-order valence-electron chi connectivity index (χ4n) is 8.37. The number of Topliss-reactive ketones (excluding diaryl/α,β-unsaturated/α-hetero) is 1. The monoisotopic (exact) mass is 474 g/mol. The number of ether oxygens (including phenoxy) is 1. The average Bonchev–Trinajstić information content (AvgIpc) is 3.53. The zero-order valence-electron chi connectivity index (χ0n) is 21.4. The summed E-state index contributed by atoms with van der Waals surface area (Å²) in [5, 5.41) is 45.4. The van der Waals surface area contributed by atoms with E-state index in [9.17, 15) is 25.2 Å². The minimum atomic E-state index is -1.53. The van der Waals surface area contributed by atoms with E-state index in [0.717, 1.165) is 5.57 Å². The summed E-state index contributed by atoms with van der Waals surface area (Å²) in [6.07, 6.45) is 3.16. The third-order valence-corrected chi connectivity index (χ3v) is 10.9. The van der Waals surface area contributed by atoms with Gasteiger partial charge in [0.2, 0.25) is 0 Å². The summed E-state index contributed by atoms with van der Waals surface area (Å²) in [4.78, 5) is 14.0. The van der Waals surface area contributed by atoms with E-state index in [0.29, 0.717) is 36.7 Å². The molecule has 5 aliphatic rings. The molecule has 1 heterocycles. The van der Waals surface area contributed by atoms with E-state index in [2.05, 4.69) is 20.8 Å². The number of hydrogen-bond donors (Lipinski definition) is 4. The zero-order chi connectivity index (χ0) is 25.0. The van der Waals surface area contributed by atoms with E-state index in [4.69, 9.17) is 4.74 Å². The van der Waals surface area contributed by atoms with Gasteiger partial charge in [0.1, 0.15) is 11.7 Å². The molecule has 12 atom stereocenters. The van der Waals surface area contributed by atoms with Gasteiger partial charge in [0, 0.05) is 18.3 Å². The molecule has 0 bridgehead atoms. The molecule has 0 aromatic heterocycles. The van der Waals surface area contributed by atoms with E-state index in [1.54, 1.807) is 6.92 Å². The molecule has 0 radical (unpaired) electrons. The van der Waals surface area contributed by atoms with Crippen LogP contribution in [0.2, 0.25) is 0 Å². The highest BCUT2D eigenvalue weighted by Gasteiger charge is 2.74. The van der Waals surface area contributed by atoms with Crippen LogP contribution in [0, 0.1) is 40.4 Å². The predicted octanol–water partition coefficient (Wildman–Crippen LogP) is 2.78. The van der Waals surface area contributed by atoms with Gasteiger partial charge in [-0.05, 0) is 54.9 Å². The highest BCUT2D eigenvalue weighted by Crippen LogP contribution is 2.67. The van der Waals surface area contributed by atoms with E-state index in [1.165, 1.54) is 0 Å². The fourth-order valence-corrected chi connectivity index (χ4v) is 8.37. The Morgan fingerprint density at radius 3 is 2.38 bits per heavy atom. The van der Waals surface area contributed by atoms with E-state index in [1.807, 2.05) is 26.0 Å². The molecule has 5 rings (SSSR count). The van der Waals surface area contributed by atoms with Crippen LogP contribution in [-0.4, -0.2) is 62.3 Å². The molecule has 0 aromatic carbocycles. The summed E-state index contributed by atoms with van der Waals surface area (Å²) < 4.78 is 6.07. The maximum atomic E-state index is 14.0. The lowest BCUT2D eigenvalue weighted by Crippen LogP contribution is -2.66. The molecule has 3 saturated carbocycles. The van der Waals surface area contributed by atoms with Crippen molar-refractivity contribution < 1.29 is 30.0 Å². The second kappa shape index (κ2) is 7.72. The van der Waals surface area contributed by atoms with Crippen molar-refractivity contribution in [2.24, 2.45) is 40.4 Å². The van der Waals surface area contributed by atoms with Crippen molar-refractivity contribution in [1.29, 1.82) is 0 Å². The third-order valence-electron chi connectivity index (χ3n) is 10.9. The predicted molar refractivity (Wildman–Crippen MR) is 128 cm³/mol. The summed E-state index contributed by atoms with van der Waals surface area (Å²) in [6.45, 7) is 12.3. The van der Waals surface area contributed by atoms with Crippen LogP contribution in [0.3, 0.4) is 0 Å². The van der Waals surface area contributed by atoms with Crippen molar-refractivity contribution in [3.63, 3.8) is 0 Å². The summed E-state index contributed by atoms with van der Waals surface area (Å²) in [5.41, 5.74) is -1.63. The van der Waals surface area contributed by atoms with Gasteiger partial charge >= 0.3 is 0 Å². The minimum Gasteiger partial charge on any atom is -0.393 e. The second-order valence-corrected chi connectivity index (χ2v) is 12.8. The largest absolute Gasteiger partial charge is 0.393 e. The molecule has 5 unspecified atom stereocenters. The molecular formula is C28H42O6. The van der Waals surface area contributed by atoms with E-state index in [-0.39, 0.29) is 30.3 Å². The third kappa shape index (κ3) is 3.02. The maximum absolute atomic E-state index is 14.0. The van der Waals surface area contributed by atoms with Gasteiger partial charge < -0.3 is 25.2 Å². The number of aliphatic hydroxyl groups is 4. The molecule has 0 aromatic rings. The van der Waals surface area contributed by atoms with Crippen molar-refractivity contribution in [3.8, 4) is 0 Å². The van der Waals surface area contributed by atoms with Gasteiger partial charge in [-0.25, -0.2) is 0 Å². The van der Waals surface area contributed by atoms with Crippen LogP contribution < -0.4 is 0 Å². The Morgan fingerprint density at radius 2 is 1.74 bits per heavy atom. The topological polar surface area (TPSA) is 111 Å². The standard InChI is InChI=1S/C28H42O6/c1-13(2)14(3)23-24(34-23)15(4)20-19(30)12-28(33)18-8-7-16-11-17(29)9-10-26(16,5)21(18)22(31)25(32)27(20,28)6/h7-8,13-15,17,19-24,29-31,33H,9-12H2,1-6H3/t14-,15+,17?,19?,20+,21-,22?,23?,24?,26+,27+,28-/m1/s1. The number of rotatable bonds is 4. The number of carbonyl (C=O) groups excluding carboxylic acids is 1. The molecule has 34 heavy (non-hydrogen) atoms. The number of allylic oxidation sites excluding steroid dienone is 2. The Morgan fingerprint density at radius 1 is 1.06 bits per heavy atom. The number of epoxide rings is 1. The Hall–Kier alpha value is -1.05. The lowest BCUT2D eigenvalue weighted by molar-refractivity contribution is -0.171. The quantitative estimate of drug-likeness (QED) is 0.467. The fraction of sp³-hybridized carbons (Fsp3) is 0.821. The Kier molecular flexibility index (Phi) is 5.60. The molecule has 190 valence electrons. The smallest absolute Gasteiger partial charge is 0.171 e. The zero-order valence-corrected chi connectivity index (χ0v) is 21.4. The van der Waals surface area contributed by atoms with Gasteiger partial charge in [-0.3, -0.25) is 4.79 Å².